The Labute approximate surface area is 106 Å². The summed E-state index contributed by atoms with van der Waals surface area (Å²) in [6.07, 6.45) is 0.594. The van der Waals surface area contributed by atoms with Gasteiger partial charge in [-0.05, 0) is 25.5 Å². The summed E-state index contributed by atoms with van der Waals surface area (Å²) < 4.78 is 10.7. The third-order valence-corrected chi connectivity index (χ3v) is 2.56. The molecule has 0 aliphatic carbocycles. The minimum absolute atomic E-state index is 0.304. The number of aromatic nitrogens is 2. The SMILES string of the molecule is Cc1ccc(OCc2noc(CCN)n2)c(C)c1. The highest BCUT2D eigenvalue weighted by molar-refractivity contribution is 5.35. The molecule has 96 valence electrons. The van der Waals surface area contributed by atoms with Crippen molar-refractivity contribution in [2.45, 2.75) is 26.9 Å². The zero-order chi connectivity index (χ0) is 13.0. The third-order valence-electron chi connectivity index (χ3n) is 2.56. The van der Waals surface area contributed by atoms with E-state index in [0.717, 1.165) is 11.3 Å². The minimum atomic E-state index is 0.304. The Kier molecular flexibility index (Phi) is 3.94. The van der Waals surface area contributed by atoms with Gasteiger partial charge in [0.1, 0.15) is 5.75 Å². The van der Waals surface area contributed by atoms with E-state index in [1.54, 1.807) is 0 Å². The van der Waals surface area contributed by atoms with Crippen molar-refractivity contribution in [3.05, 3.63) is 41.0 Å². The maximum Gasteiger partial charge on any atom is 0.228 e. The van der Waals surface area contributed by atoms with Crippen LogP contribution in [0, 0.1) is 13.8 Å². The molecule has 2 rings (SSSR count). The van der Waals surface area contributed by atoms with Crippen molar-refractivity contribution in [2.24, 2.45) is 5.73 Å². The summed E-state index contributed by atoms with van der Waals surface area (Å²) in [5.41, 5.74) is 7.72. The molecule has 1 heterocycles. The van der Waals surface area contributed by atoms with Crippen molar-refractivity contribution in [1.29, 1.82) is 0 Å². The molecular formula is C13H17N3O2. The summed E-state index contributed by atoms with van der Waals surface area (Å²) in [6, 6.07) is 6.04. The molecule has 5 nitrogen and oxygen atoms in total. The molecule has 1 aromatic heterocycles. The second-order valence-corrected chi connectivity index (χ2v) is 4.20. The fourth-order valence-corrected chi connectivity index (χ4v) is 1.68. The number of nitrogens with two attached hydrogens (primary N) is 1. The van der Waals surface area contributed by atoms with Crippen LogP contribution < -0.4 is 10.5 Å². The maximum absolute atomic E-state index is 5.65. The molecule has 0 radical (unpaired) electrons. The molecule has 0 saturated carbocycles. The van der Waals surface area contributed by atoms with Crippen LogP contribution in [0.1, 0.15) is 22.8 Å². The van der Waals surface area contributed by atoms with E-state index in [-0.39, 0.29) is 0 Å². The third kappa shape index (κ3) is 3.07. The number of benzene rings is 1. The average molecular weight is 247 g/mol. The zero-order valence-electron chi connectivity index (χ0n) is 10.6. The predicted molar refractivity (Wildman–Crippen MR) is 67.3 cm³/mol. The van der Waals surface area contributed by atoms with E-state index in [9.17, 15) is 0 Å². The van der Waals surface area contributed by atoms with Gasteiger partial charge in [0.25, 0.3) is 0 Å². The van der Waals surface area contributed by atoms with Gasteiger partial charge in [-0.25, -0.2) is 0 Å². The van der Waals surface area contributed by atoms with Gasteiger partial charge in [0.15, 0.2) is 6.61 Å². The molecule has 0 atom stereocenters. The molecule has 0 spiro atoms. The van der Waals surface area contributed by atoms with E-state index in [2.05, 4.69) is 23.1 Å². The van der Waals surface area contributed by atoms with Crippen LogP contribution in [-0.4, -0.2) is 16.7 Å². The monoisotopic (exact) mass is 247 g/mol. The number of ether oxygens (including phenoxy) is 1. The normalized spacial score (nSPS) is 10.6. The van der Waals surface area contributed by atoms with Crippen molar-refractivity contribution in [1.82, 2.24) is 10.1 Å². The smallest absolute Gasteiger partial charge is 0.228 e. The van der Waals surface area contributed by atoms with Gasteiger partial charge in [-0.3, -0.25) is 0 Å². The van der Waals surface area contributed by atoms with Gasteiger partial charge in [-0.1, -0.05) is 22.9 Å². The summed E-state index contributed by atoms with van der Waals surface area (Å²) in [5, 5.41) is 3.83. The number of aryl methyl sites for hydroxylation is 2. The Hall–Kier alpha value is -1.88. The second-order valence-electron chi connectivity index (χ2n) is 4.20. The van der Waals surface area contributed by atoms with E-state index < -0.39 is 0 Å². The van der Waals surface area contributed by atoms with Crippen LogP contribution in [0.25, 0.3) is 0 Å². The molecule has 1 aromatic carbocycles. The molecule has 0 aliphatic heterocycles. The van der Waals surface area contributed by atoms with Gasteiger partial charge in [0, 0.05) is 13.0 Å². The van der Waals surface area contributed by atoms with E-state index in [1.165, 1.54) is 5.56 Å². The van der Waals surface area contributed by atoms with E-state index in [0.29, 0.717) is 31.3 Å². The predicted octanol–water partition coefficient (Wildman–Crippen LogP) is 1.77. The van der Waals surface area contributed by atoms with Crippen LogP contribution in [0.15, 0.2) is 22.7 Å². The second kappa shape index (κ2) is 5.64. The number of hydrogen-bond acceptors (Lipinski definition) is 5. The van der Waals surface area contributed by atoms with Crippen LogP contribution in [0.2, 0.25) is 0 Å². The van der Waals surface area contributed by atoms with E-state index >= 15 is 0 Å². The zero-order valence-corrected chi connectivity index (χ0v) is 10.6. The Morgan fingerprint density at radius 3 is 2.89 bits per heavy atom. The van der Waals surface area contributed by atoms with Crippen molar-refractivity contribution < 1.29 is 9.26 Å². The lowest BCUT2D eigenvalue weighted by molar-refractivity contribution is 0.283. The molecule has 18 heavy (non-hydrogen) atoms. The van der Waals surface area contributed by atoms with Crippen molar-refractivity contribution >= 4 is 0 Å². The van der Waals surface area contributed by atoms with Crippen LogP contribution in [0.3, 0.4) is 0 Å². The lowest BCUT2D eigenvalue weighted by Crippen LogP contribution is -2.03. The first-order chi connectivity index (χ1) is 8.69. The quantitative estimate of drug-likeness (QED) is 0.871. The molecular weight excluding hydrogens is 230 g/mol. The van der Waals surface area contributed by atoms with Crippen LogP contribution in [0.4, 0.5) is 0 Å². The topological polar surface area (TPSA) is 74.2 Å². The van der Waals surface area contributed by atoms with Gasteiger partial charge in [0.2, 0.25) is 11.7 Å². The fraction of sp³-hybridized carbons (Fsp3) is 0.385. The number of hydrogen-bond donors (Lipinski definition) is 1. The highest BCUT2D eigenvalue weighted by Crippen LogP contribution is 2.19. The summed E-state index contributed by atoms with van der Waals surface area (Å²) in [5.74, 6) is 1.93. The van der Waals surface area contributed by atoms with E-state index in [4.69, 9.17) is 15.0 Å². The lowest BCUT2D eigenvalue weighted by Gasteiger charge is -2.07. The Bertz CT molecular complexity index is 523. The Balaban J connectivity index is 1.97. The van der Waals surface area contributed by atoms with Gasteiger partial charge >= 0.3 is 0 Å². The molecule has 0 fully saturated rings. The van der Waals surface area contributed by atoms with Crippen molar-refractivity contribution in [2.75, 3.05) is 6.54 Å². The number of rotatable bonds is 5. The van der Waals surface area contributed by atoms with Gasteiger partial charge < -0.3 is 15.0 Å². The molecule has 0 amide bonds. The fourth-order valence-electron chi connectivity index (χ4n) is 1.68. The molecule has 0 saturated heterocycles. The summed E-state index contributed by atoms with van der Waals surface area (Å²) >= 11 is 0. The van der Waals surface area contributed by atoms with Gasteiger partial charge in [-0.15, -0.1) is 0 Å². The van der Waals surface area contributed by atoms with E-state index in [1.807, 2.05) is 19.1 Å². The first-order valence-corrected chi connectivity index (χ1v) is 5.90. The molecule has 0 bridgehead atoms. The van der Waals surface area contributed by atoms with Crippen LogP contribution in [-0.2, 0) is 13.0 Å². The molecule has 0 aliphatic rings. The summed E-state index contributed by atoms with van der Waals surface area (Å²) in [6.45, 7) is 4.87. The maximum atomic E-state index is 5.65. The lowest BCUT2D eigenvalue weighted by atomic mass is 10.1. The largest absolute Gasteiger partial charge is 0.485 e. The van der Waals surface area contributed by atoms with Crippen LogP contribution in [0.5, 0.6) is 5.75 Å². The molecule has 2 aromatic rings. The average Bonchev–Trinajstić information content (AvgIpc) is 2.76. The molecule has 2 N–H and O–H groups in total. The van der Waals surface area contributed by atoms with Gasteiger partial charge in [-0.2, -0.15) is 4.98 Å². The summed E-state index contributed by atoms with van der Waals surface area (Å²) in [7, 11) is 0. The summed E-state index contributed by atoms with van der Waals surface area (Å²) in [4.78, 5) is 4.18. The van der Waals surface area contributed by atoms with Gasteiger partial charge in [0.05, 0.1) is 0 Å². The molecule has 0 unspecified atom stereocenters. The molecule has 5 heteroatoms. The first kappa shape index (κ1) is 12.6. The van der Waals surface area contributed by atoms with Crippen LogP contribution >= 0.6 is 0 Å². The van der Waals surface area contributed by atoms with Crippen molar-refractivity contribution in [3.8, 4) is 5.75 Å². The minimum Gasteiger partial charge on any atom is -0.485 e. The Morgan fingerprint density at radius 2 is 2.17 bits per heavy atom. The first-order valence-electron chi connectivity index (χ1n) is 5.90. The highest BCUT2D eigenvalue weighted by atomic mass is 16.5. The highest BCUT2D eigenvalue weighted by Gasteiger charge is 2.07. The Morgan fingerprint density at radius 1 is 1.33 bits per heavy atom. The van der Waals surface area contributed by atoms with Crippen molar-refractivity contribution in [3.63, 3.8) is 0 Å². The standard InChI is InChI=1S/C13H17N3O2/c1-9-3-4-11(10(2)7-9)17-8-12-15-13(5-6-14)18-16-12/h3-4,7H,5-6,8,14H2,1-2H3. The number of nitrogens with zero attached hydrogens (tertiary/aromatic N) is 2.